The number of anilines is 1. The highest BCUT2D eigenvalue weighted by Gasteiger charge is 2.18. The van der Waals surface area contributed by atoms with Crippen LogP contribution in [-0.2, 0) is 19.1 Å². The van der Waals surface area contributed by atoms with Crippen LogP contribution < -0.4 is 4.72 Å². The molecule has 0 unspecified atom stereocenters. The molecule has 2 rings (SSSR count). The first-order valence-corrected chi connectivity index (χ1v) is 9.54. The van der Waals surface area contributed by atoms with Crippen LogP contribution in [0.4, 0.5) is 5.69 Å². The second-order valence-corrected chi connectivity index (χ2v) is 8.50. The Kier molecular flexibility index (Phi) is 4.43. The molecule has 2 aromatic rings. The molecule has 0 aliphatic rings. The first kappa shape index (κ1) is 16.0. The van der Waals surface area contributed by atoms with Crippen LogP contribution in [0.25, 0.3) is 0 Å². The molecule has 0 bridgehead atoms. The lowest BCUT2D eigenvalue weighted by atomic mass is 10.3. The minimum Gasteiger partial charge on any atom is -0.280 e. The Labute approximate surface area is 131 Å². The van der Waals surface area contributed by atoms with Gasteiger partial charge in [-0.1, -0.05) is 11.6 Å². The topological polar surface area (TPSA) is 93.2 Å². The fourth-order valence-corrected chi connectivity index (χ4v) is 4.02. The molecule has 6 nitrogen and oxygen atoms in total. The van der Waals surface area contributed by atoms with Crippen molar-refractivity contribution >= 4 is 47.0 Å². The van der Waals surface area contributed by atoms with Gasteiger partial charge in [-0.25, -0.2) is 16.8 Å². The standard InChI is InChI=1S/C11H8Cl2N2O4S2/c12-10-6-8(3-4-11(10)20(13,16)17)15-21(18,19)9-2-1-5-14-7-9/h1-7,15H. The largest absolute Gasteiger partial charge is 0.280 e. The Morgan fingerprint density at radius 3 is 2.33 bits per heavy atom. The van der Waals surface area contributed by atoms with Crippen molar-refractivity contribution in [3.8, 4) is 0 Å². The van der Waals surface area contributed by atoms with E-state index in [4.69, 9.17) is 22.3 Å². The van der Waals surface area contributed by atoms with Crippen molar-refractivity contribution in [1.82, 2.24) is 4.98 Å². The summed E-state index contributed by atoms with van der Waals surface area (Å²) in [6.07, 6.45) is 2.62. The highest BCUT2D eigenvalue weighted by molar-refractivity contribution is 8.13. The molecule has 1 heterocycles. The molecule has 0 atom stereocenters. The first-order chi connectivity index (χ1) is 9.70. The van der Waals surface area contributed by atoms with Crippen LogP contribution in [0.5, 0.6) is 0 Å². The summed E-state index contributed by atoms with van der Waals surface area (Å²) in [6.45, 7) is 0. The Bertz CT molecular complexity index is 868. The normalized spacial score (nSPS) is 12.1. The van der Waals surface area contributed by atoms with E-state index in [0.29, 0.717) is 0 Å². The molecule has 1 N–H and O–H groups in total. The van der Waals surface area contributed by atoms with E-state index in [2.05, 4.69) is 9.71 Å². The van der Waals surface area contributed by atoms with E-state index in [1.165, 1.54) is 30.6 Å². The number of nitrogens with one attached hydrogen (secondary N) is 1. The lowest BCUT2D eigenvalue weighted by Gasteiger charge is -2.09. The molecule has 10 heteroatoms. The summed E-state index contributed by atoms with van der Waals surface area (Å²) in [4.78, 5) is 3.39. The molecular formula is C11H8Cl2N2O4S2. The molecular weight excluding hydrogens is 359 g/mol. The fraction of sp³-hybridized carbons (Fsp3) is 0. The van der Waals surface area contributed by atoms with E-state index < -0.39 is 19.1 Å². The van der Waals surface area contributed by atoms with Crippen LogP contribution in [0.1, 0.15) is 0 Å². The molecule has 0 aliphatic heterocycles. The van der Waals surface area contributed by atoms with Gasteiger partial charge >= 0.3 is 0 Å². The Balaban J connectivity index is 2.36. The molecule has 0 fully saturated rings. The fourth-order valence-electron chi connectivity index (χ4n) is 1.48. The van der Waals surface area contributed by atoms with Crippen molar-refractivity contribution in [2.75, 3.05) is 4.72 Å². The second-order valence-electron chi connectivity index (χ2n) is 3.88. The quantitative estimate of drug-likeness (QED) is 0.838. The minimum atomic E-state index is -3.99. The third kappa shape index (κ3) is 3.85. The average molecular weight is 367 g/mol. The van der Waals surface area contributed by atoms with Gasteiger partial charge in [-0.3, -0.25) is 9.71 Å². The molecule has 0 amide bonds. The molecule has 0 radical (unpaired) electrons. The summed E-state index contributed by atoms with van der Waals surface area (Å²) in [6, 6.07) is 6.37. The highest BCUT2D eigenvalue weighted by Crippen LogP contribution is 2.28. The van der Waals surface area contributed by atoms with Crippen molar-refractivity contribution in [2.45, 2.75) is 9.79 Å². The van der Waals surface area contributed by atoms with E-state index in [1.54, 1.807) is 0 Å². The number of halogens is 2. The van der Waals surface area contributed by atoms with Crippen LogP contribution in [0.15, 0.2) is 52.5 Å². The number of benzene rings is 1. The molecule has 0 saturated heterocycles. The molecule has 0 saturated carbocycles. The van der Waals surface area contributed by atoms with Crippen LogP contribution in [0.2, 0.25) is 5.02 Å². The van der Waals surface area contributed by atoms with E-state index in [-0.39, 0.29) is 20.5 Å². The van der Waals surface area contributed by atoms with Gasteiger partial charge in [0, 0.05) is 23.1 Å². The smallest absolute Gasteiger partial charge is 0.263 e. The maximum atomic E-state index is 12.1. The van der Waals surface area contributed by atoms with E-state index in [9.17, 15) is 16.8 Å². The van der Waals surface area contributed by atoms with Gasteiger partial charge in [0.05, 0.1) is 10.7 Å². The summed E-state index contributed by atoms with van der Waals surface area (Å²) >= 11 is 5.78. The van der Waals surface area contributed by atoms with Crippen molar-refractivity contribution in [1.29, 1.82) is 0 Å². The first-order valence-electron chi connectivity index (χ1n) is 5.37. The van der Waals surface area contributed by atoms with Gasteiger partial charge < -0.3 is 0 Å². The SMILES string of the molecule is O=S(=O)(Cl)c1ccc(NS(=O)(=O)c2cccnc2)cc1Cl. The minimum absolute atomic E-state index is 0.0323. The van der Waals surface area contributed by atoms with Gasteiger partial charge in [-0.05, 0) is 30.3 Å². The van der Waals surface area contributed by atoms with Gasteiger partial charge in [-0.2, -0.15) is 0 Å². The summed E-state index contributed by atoms with van der Waals surface area (Å²) in [5.41, 5.74) is 0.105. The molecule has 21 heavy (non-hydrogen) atoms. The zero-order chi connectivity index (χ0) is 15.7. The number of aromatic nitrogens is 1. The molecule has 0 aliphatic carbocycles. The Morgan fingerprint density at radius 2 is 1.81 bits per heavy atom. The lowest BCUT2D eigenvalue weighted by Crippen LogP contribution is -2.13. The predicted octanol–water partition coefficient (Wildman–Crippen LogP) is 2.46. The van der Waals surface area contributed by atoms with E-state index in [0.717, 1.165) is 12.1 Å². The number of nitrogens with zero attached hydrogens (tertiary/aromatic N) is 1. The van der Waals surface area contributed by atoms with E-state index in [1.807, 2.05) is 0 Å². The zero-order valence-electron chi connectivity index (χ0n) is 10.2. The number of pyridine rings is 1. The average Bonchev–Trinajstić information content (AvgIpc) is 2.37. The summed E-state index contributed by atoms with van der Waals surface area (Å²) < 4.78 is 48.8. The number of hydrogen-bond acceptors (Lipinski definition) is 5. The Hall–Kier alpha value is -1.35. The van der Waals surface area contributed by atoms with Crippen molar-refractivity contribution in [2.24, 2.45) is 0 Å². The van der Waals surface area contributed by atoms with Crippen LogP contribution in [0, 0.1) is 0 Å². The van der Waals surface area contributed by atoms with Gasteiger partial charge in [0.15, 0.2) is 0 Å². The van der Waals surface area contributed by atoms with Crippen LogP contribution >= 0.6 is 22.3 Å². The molecule has 1 aromatic carbocycles. The number of rotatable bonds is 4. The van der Waals surface area contributed by atoms with Crippen molar-refractivity contribution in [3.05, 3.63) is 47.7 Å². The van der Waals surface area contributed by atoms with Crippen LogP contribution in [0.3, 0.4) is 0 Å². The maximum Gasteiger partial charge on any atom is 0.263 e. The number of hydrogen-bond donors (Lipinski definition) is 1. The summed E-state index contributed by atoms with van der Waals surface area (Å²) in [5.74, 6) is 0. The van der Waals surface area contributed by atoms with Crippen LogP contribution in [-0.4, -0.2) is 21.8 Å². The van der Waals surface area contributed by atoms with Crippen molar-refractivity contribution < 1.29 is 16.8 Å². The van der Waals surface area contributed by atoms with Gasteiger partial charge in [0.2, 0.25) is 0 Å². The third-order valence-electron chi connectivity index (χ3n) is 2.39. The van der Waals surface area contributed by atoms with Gasteiger partial charge in [-0.15, -0.1) is 0 Å². The zero-order valence-corrected chi connectivity index (χ0v) is 13.3. The van der Waals surface area contributed by atoms with Gasteiger partial charge in [0.25, 0.3) is 19.1 Å². The summed E-state index contributed by atoms with van der Waals surface area (Å²) in [7, 11) is -2.64. The molecule has 1 aromatic heterocycles. The van der Waals surface area contributed by atoms with E-state index >= 15 is 0 Å². The third-order valence-corrected chi connectivity index (χ3v) is 5.56. The predicted molar refractivity (Wildman–Crippen MR) is 79.5 cm³/mol. The Morgan fingerprint density at radius 1 is 1.10 bits per heavy atom. The van der Waals surface area contributed by atoms with Crippen molar-refractivity contribution in [3.63, 3.8) is 0 Å². The number of sulfonamides is 1. The second kappa shape index (κ2) is 5.80. The monoisotopic (exact) mass is 366 g/mol. The maximum absolute atomic E-state index is 12.1. The summed E-state index contributed by atoms with van der Waals surface area (Å²) in [5, 5.41) is -0.184. The molecule has 0 spiro atoms. The lowest BCUT2D eigenvalue weighted by molar-refractivity contribution is 0.600. The molecule has 112 valence electrons. The van der Waals surface area contributed by atoms with Gasteiger partial charge in [0.1, 0.15) is 9.79 Å². The highest BCUT2D eigenvalue weighted by atomic mass is 35.7.